The van der Waals surface area contributed by atoms with Crippen LogP contribution in [0.1, 0.15) is 54.8 Å². The predicted octanol–water partition coefficient (Wildman–Crippen LogP) is 6.71. The highest BCUT2D eigenvalue weighted by Crippen LogP contribution is 2.28. The average Bonchev–Trinajstić information content (AvgIpc) is 2.91. The zero-order valence-electron chi connectivity index (χ0n) is 23.1. The molecular weight excluding hydrogens is 518 g/mol. The Labute approximate surface area is 235 Å². The van der Waals surface area contributed by atoms with E-state index in [1.54, 1.807) is 35.2 Å². The van der Waals surface area contributed by atoms with Gasteiger partial charge in [0, 0.05) is 11.6 Å². The fourth-order valence-electron chi connectivity index (χ4n) is 4.10. The fraction of sp³-hybridized carbons (Fsp3) is 0.355. The molecule has 39 heavy (non-hydrogen) atoms. The number of esters is 1. The Balaban J connectivity index is 1.66. The number of nitrogens with zero attached hydrogens (tertiary/aromatic N) is 1. The number of benzene rings is 3. The van der Waals surface area contributed by atoms with Gasteiger partial charge < -0.3 is 24.2 Å². The number of methoxy groups -OCH3 is 2. The molecular formula is C31H36ClNO6. The number of aliphatic hydroxyl groups excluding tert-OH is 1. The number of carbonyl (C=O) groups excluding carboxylic acids is 2. The molecule has 0 radical (unpaired) electrons. The van der Waals surface area contributed by atoms with Crippen LogP contribution in [0, 0.1) is 0 Å². The number of amides is 1. The number of carbonyl (C=O) groups is 2. The minimum absolute atomic E-state index is 0.0948. The summed E-state index contributed by atoms with van der Waals surface area (Å²) in [7, 11) is 2.85. The lowest BCUT2D eigenvalue weighted by molar-refractivity contribution is 0.0142. The molecule has 1 amide bonds. The van der Waals surface area contributed by atoms with E-state index in [1.165, 1.54) is 14.2 Å². The number of ether oxygens (including phenoxy) is 3. The second-order valence-electron chi connectivity index (χ2n) is 10.2. The van der Waals surface area contributed by atoms with Crippen molar-refractivity contribution in [1.29, 1.82) is 0 Å². The van der Waals surface area contributed by atoms with Gasteiger partial charge in [0.2, 0.25) is 0 Å². The van der Waals surface area contributed by atoms with Gasteiger partial charge in [-0.2, -0.15) is 0 Å². The van der Waals surface area contributed by atoms with Gasteiger partial charge in [0.05, 0.1) is 26.9 Å². The third-order valence-corrected chi connectivity index (χ3v) is 6.30. The lowest BCUT2D eigenvalue weighted by Gasteiger charge is -2.29. The predicted molar refractivity (Wildman–Crippen MR) is 152 cm³/mol. The zero-order valence-corrected chi connectivity index (χ0v) is 23.8. The summed E-state index contributed by atoms with van der Waals surface area (Å²) >= 11 is 6.08. The van der Waals surface area contributed by atoms with Gasteiger partial charge in [-0.3, -0.25) is 0 Å². The Morgan fingerprint density at radius 2 is 1.67 bits per heavy atom. The topological polar surface area (TPSA) is 85.3 Å². The maximum absolute atomic E-state index is 12.9. The first-order valence-corrected chi connectivity index (χ1v) is 13.2. The molecule has 0 spiro atoms. The number of hydrogen-bond donors (Lipinski definition) is 1. The molecule has 0 aliphatic carbocycles. The highest BCUT2D eigenvalue weighted by molar-refractivity contribution is 6.30. The van der Waals surface area contributed by atoms with Gasteiger partial charge >= 0.3 is 12.1 Å². The number of aliphatic hydroxyl groups is 1. The summed E-state index contributed by atoms with van der Waals surface area (Å²) in [6.45, 7) is 5.96. The summed E-state index contributed by atoms with van der Waals surface area (Å²) < 4.78 is 15.8. The number of rotatable bonds is 10. The van der Waals surface area contributed by atoms with E-state index in [1.807, 2.05) is 57.2 Å². The molecule has 208 valence electrons. The summed E-state index contributed by atoms with van der Waals surface area (Å²) in [5.74, 6) is -0.000110. The van der Waals surface area contributed by atoms with Crippen molar-refractivity contribution in [3.8, 4) is 16.9 Å². The monoisotopic (exact) mass is 553 g/mol. The molecule has 1 atom stereocenters. The third kappa shape index (κ3) is 8.73. The highest BCUT2D eigenvalue weighted by atomic mass is 35.5. The molecule has 3 aromatic carbocycles. The molecule has 0 heterocycles. The number of hydrogen-bond acceptors (Lipinski definition) is 6. The van der Waals surface area contributed by atoms with E-state index >= 15 is 0 Å². The molecule has 0 bridgehead atoms. The minimum Gasteiger partial charge on any atom is -0.496 e. The van der Waals surface area contributed by atoms with Crippen molar-refractivity contribution >= 4 is 23.7 Å². The fourth-order valence-corrected chi connectivity index (χ4v) is 4.30. The lowest BCUT2D eigenvalue weighted by Crippen LogP contribution is -2.40. The van der Waals surface area contributed by atoms with Crippen molar-refractivity contribution in [1.82, 2.24) is 4.90 Å². The maximum atomic E-state index is 12.9. The molecule has 0 unspecified atom stereocenters. The van der Waals surface area contributed by atoms with Gasteiger partial charge in [-0.15, -0.1) is 0 Å². The Morgan fingerprint density at radius 3 is 2.28 bits per heavy atom. The highest BCUT2D eigenvalue weighted by Gasteiger charge is 2.24. The Morgan fingerprint density at radius 1 is 0.974 bits per heavy atom. The maximum Gasteiger partial charge on any atom is 0.410 e. The first-order chi connectivity index (χ1) is 18.5. The van der Waals surface area contributed by atoms with E-state index in [9.17, 15) is 14.7 Å². The van der Waals surface area contributed by atoms with E-state index in [0.717, 1.165) is 23.1 Å². The van der Waals surface area contributed by atoms with Gasteiger partial charge in [0.1, 0.15) is 16.9 Å². The van der Waals surface area contributed by atoms with Crippen molar-refractivity contribution in [2.24, 2.45) is 0 Å². The van der Waals surface area contributed by atoms with E-state index in [4.69, 9.17) is 25.8 Å². The van der Waals surface area contributed by atoms with Gasteiger partial charge in [0.25, 0.3) is 0 Å². The summed E-state index contributed by atoms with van der Waals surface area (Å²) in [4.78, 5) is 26.4. The van der Waals surface area contributed by atoms with Crippen LogP contribution in [-0.4, -0.2) is 55.0 Å². The van der Waals surface area contributed by atoms with Crippen molar-refractivity contribution in [3.05, 3.63) is 88.4 Å². The summed E-state index contributed by atoms with van der Waals surface area (Å²) in [5.41, 5.74) is 3.37. The lowest BCUT2D eigenvalue weighted by atomic mass is 10.0. The SMILES string of the molecule is COC(=O)c1ccc(-c2ccc(CCCN(C[C@H](O)c3cccc(Cl)c3)C(=O)OC(C)(C)C)cc2)cc1OC. The van der Waals surface area contributed by atoms with Crippen molar-refractivity contribution in [3.63, 3.8) is 0 Å². The Kier molecular flexibility index (Phi) is 10.4. The molecule has 3 aromatic rings. The van der Waals surface area contributed by atoms with Crippen LogP contribution in [0.4, 0.5) is 4.79 Å². The van der Waals surface area contributed by atoms with Crippen LogP contribution in [0.25, 0.3) is 11.1 Å². The number of halogens is 1. The molecule has 0 saturated carbocycles. The third-order valence-electron chi connectivity index (χ3n) is 6.07. The van der Waals surface area contributed by atoms with E-state index in [-0.39, 0.29) is 6.54 Å². The Hall–Kier alpha value is -3.55. The van der Waals surface area contributed by atoms with Crippen molar-refractivity contribution in [2.75, 3.05) is 27.3 Å². The average molecular weight is 554 g/mol. The van der Waals surface area contributed by atoms with Crippen molar-refractivity contribution in [2.45, 2.75) is 45.3 Å². The number of aryl methyl sites for hydroxylation is 1. The molecule has 8 heteroatoms. The second-order valence-corrected chi connectivity index (χ2v) is 10.6. The smallest absolute Gasteiger partial charge is 0.410 e. The van der Waals surface area contributed by atoms with Gasteiger partial charge in [-0.05, 0) is 80.1 Å². The molecule has 3 rings (SSSR count). The zero-order chi connectivity index (χ0) is 28.6. The molecule has 0 fully saturated rings. The molecule has 0 aromatic heterocycles. The summed E-state index contributed by atoms with van der Waals surface area (Å²) in [6, 6.07) is 20.4. The van der Waals surface area contributed by atoms with Crippen LogP contribution >= 0.6 is 11.6 Å². The van der Waals surface area contributed by atoms with Gasteiger partial charge in [-0.25, -0.2) is 9.59 Å². The van der Waals surface area contributed by atoms with E-state index in [2.05, 4.69) is 0 Å². The van der Waals surface area contributed by atoms with Crippen LogP contribution in [0.3, 0.4) is 0 Å². The molecule has 0 aliphatic heterocycles. The molecule has 0 saturated heterocycles. The van der Waals surface area contributed by atoms with Crippen LogP contribution < -0.4 is 4.74 Å². The molecule has 7 nitrogen and oxygen atoms in total. The van der Waals surface area contributed by atoms with Gasteiger partial charge in [0.15, 0.2) is 0 Å². The molecule has 1 N–H and O–H groups in total. The van der Waals surface area contributed by atoms with Gasteiger partial charge in [-0.1, -0.05) is 54.1 Å². The van der Waals surface area contributed by atoms with Crippen LogP contribution in [-0.2, 0) is 15.9 Å². The normalized spacial score (nSPS) is 12.0. The summed E-state index contributed by atoms with van der Waals surface area (Å²) in [5, 5.41) is 11.3. The Bertz CT molecular complexity index is 1270. The minimum atomic E-state index is -0.891. The van der Waals surface area contributed by atoms with Crippen LogP contribution in [0.15, 0.2) is 66.7 Å². The second kappa shape index (κ2) is 13.5. The first kappa shape index (κ1) is 30.0. The van der Waals surface area contributed by atoms with Crippen LogP contribution in [0.2, 0.25) is 5.02 Å². The van der Waals surface area contributed by atoms with Crippen molar-refractivity contribution < 1.29 is 28.9 Å². The quantitative estimate of drug-likeness (QED) is 0.281. The van der Waals surface area contributed by atoms with E-state index < -0.39 is 23.8 Å². The van der Waals surface area contributed by atoms with E-state index in [0.29, 0.717) is 34.9 Å². The largest absolute Gasteiger partial charge is 0.496 e. The summed E-state index contributed by atoms with van der Waals surface area (Å²) in [6.07, 6.45) is 0.0567. The van der Waals surface area contributed by atoms with Crippen LogP contribution in [0.5, 0.6) is 5.75 Å². The molecule has 0 aliphatic rings. The first-order valence-electron chi connectivity index (χ1n) is 12.8. The standard InChI is InChI=1S/C31H36ClNO6/c1-31(2,3)39-30(36)33(20-27(34)24-9-6-10-25(32)18-24)17-7-8-21-11-13-22(14-12-21)23-15-16-26(29(35)38-5)28(19-23)37-4/h6,9-16,18-19,27,34H,7-8,17,20H2,1-5H3/t27-/m0/s1.